The molecule has 0 bridgehead atoms. The molecule has 0 aliphatic carbocycles. The number of anilines is 1. The third-order valence-electron chi connectivity index (χ3n) is 1.79. The molecule has 2 N–H and O–H groups in total. The molecule has 0 aliphatic heterocycles. The maximum atomic E-state index is 13.3. The summed E-state index contributed by atoms with van der Waals surface area (Å²) in [5.74, 6) is -0.441. The Kier molecular flexibility index (Phi) is 5.45. The van der Waals surface area contributed by atoms with Crippen LogP contribution in [0, 0.1) is 5.82 Å². The van der Waals surface area contributed by atoms with Gasteiger partial charge in [0, 0.05) is 13.7 Å². The monoisotopic (exact) mass is 262 g/mol. The zero-order valence-corrected chi connectivity index (χ0v) is 10.3. The molecule has 16 heavy (non-hydrogen) atoms. The van der Waals surface area contributed by atoms with Gasteiger partial charge in [-0.3, -0.25) is 0 Å². The van der Waals surface area contributed by atoms with Crippen molar-refractivity contribution in [3.05, 3.63) is 29.0 Å². The molecule has 0 saturated carbocycles. The third kappa shape index (κ3) is 3.92. The van der Waals surface area contributed by atoms with Crippen LogP contribution in [-0.2, 0) is 4.74 Å². The van der Waals surface area contributed by atoms with Crippen molar-refractivity contribution in [2.75, 3.05) is 25.6 Å². The van der Waals surface area contributed by atoms with E-state index in [1.807, 2.05) is 0 Å². The maximum absolute atomic E-state index is 13.3. The maximum Gasteiger partial charge on any atom is 0.170 e. The van der Waals surface area contributed by atoms with Crippen molar-refractivity contribution in [3.8, 4) is 0 Å². The summed E-state index contributed by atoms with van der Waals surface area (Å²) in [6, 6.07) is 4.43. The van der Waals surface area contributed by atoms with Crippen LogP contribution in [0.3, 0.4) is 0 Å². The second kappa shape index (κ2) is 6.62. The lowest BCUT2D eigenvalue weighted by molar-refractivity contribution is 0.204. The quantitative estimate of drug-likeness (QED) is 0.645. The first-order chi connectivity index (χ1) is 7.65. The Morgan fingerprint density at radius 3 is 2.94 bits per heavy atom. The predicted molar refractivity (Wildman–Crippen MR) is 67.5 cm³/mol. The van der Waals surface area contributed by atoms with Gasteiger partial charge in [-0.15, -0.1) is 0 Å². The molecule has 1 aromatic rings. The molecule has 0 heterocycles. The number of hydrogen-bond donors (Lipinski definition) is 2. The Labute approximate surface area is 104 Å². The molecule has 6 heteroatoms. The largest absolute Gasteiger partial charge is 0.383 e. The molecule has 0 unspecified atom stereocenters. The highest BCUT2D eigenvalue weighted by Gasteiger charge is 2.07. The van der Waals surface area contributed by atoms with Gasteiger partial charge in [0.25, 0.3) is 0 Å². The number of hydrogen-bond acceptors (Lipinski definition) is 2. The number of halogens is 2. The van der Waals surface area contributed by atoms with Gasteiger partial charge >= 0.3 is 0 Å². The molecule has 0 spiro atoms. The normalized spacial score (nSPS) is 9.94. The first-order valence-corrected chi connectivity index (χ1v) is 5.41. The van der Waals surface area contributed by atoms with Gasteiger partial charge in [0.2, 0.25) is 0 Å². The van der Waals surface area contributed by atoms with E-state index >= 15 is 0 Å². The molecular weight excluding hydrogens is 251 g/mol. The van der Waals surface area contributed by atoms with Gasteiger partial charge < -0.3 is 15.4 Å². The molecule has 0 aliphatic rings. The molecule has 1 rings (SSSR count). The zero-order valence-electron chi connectivity index (χ0n) is 8.72. The molecule has 0 aromatic heterocycles. The van der Waals surface area contributed by atoms with Gasteiger partial charge in [-0.1, -0.05) is 17.7 Å². The second-order valence-corrected chi connectivity index (χ2v) is 3.79. The van der Waals surface area contributed by atoms with Crippen LogP contribution in [0.1, 0.15) is 0 Å². The highest BCUT2D eigenvalue weighted by molar-refractivity contribution is 7.80. The van der Waals surface area contributed by atoms with E-state index in [0.717, 1.165) is 0 Å². The number of benzene rings is 1. The van der Waals surface area contributed by atoms with Gasteiger partial charge in [-0.05, 0) is 24.4 Å². The van der Waals surface area contributed by atoms with Gasteiger partial charge in [0.15, 0.2) is 5.11 Å². The third-order valence-corrected chi connectivity index (χ3v) is 2.35. The minimum atomic E-state index is -0.441. The van der Waals surface area contributed by atoms with Crippen LogP contribution in [0.25, 0.3) is 0 Å². The van der Waals surface area contributed by atoms with Crippen molar-refractivity contribution in [1.29, 1.82) is 0 Å². The van der Waals surface area contributed by atoms with Crippen LogP contribution in [0.5, 0.6) is 0 Å². The summed E-state index contributed by atoms with van der Waals surface area (Å²) < 4.78 is 18.2. The van der Waals surface area contributed by atoms with E-state index in [0.29, 0.717) is 18.3 Å². The summed E-state index contributed by atoms with van der Waals surface area (Å²) in [6.07, 6.45) is 0. The highest BCUT2D eigenvalue weighted by atomic mass is 35.5. The fraction of sp³-hybridized carbons (Fsp3) is 0.300. The van der Waals surface area contributed by atoms with E-state index in [-0.39, 0.29) is 10.7 Å². The van der Waals surface area contributed by atoms with Crippen molar-refractivity contribution in [2.45, 2.75) is 0 Å². The van der Waals surface area contributed by atoms with Gasteiger partial charge in [-0.25, -0.2) is 4.39 Å². The van der Waals surface area contributed by atoms with E-state index < -0.39 is 5.82 Å². The second-order valence-electron chi connectivity index (χ2n) is 2.97. The Morgan fingerprint density at radius 2 is 2.31 bits per heavy atom. The average Bonchev–Trinajstić information content (AvgIpc) is 2.24. The highest BCUT2D eigenvalue weighted by Crippen LogP contribution is 2.24. The number of thiocarbonyl (C=S) groups is 1. The first-order valence-electron chi connectivity index (χ1n) is 4.63. The summed E-state index contributed by atoms with van der Waals surface area (Å²) >= 11 is 10.8. The van der Waals surface area contributed by atoms with Crippen LogP contribution in [0.15, 0.2) is 18.2 Å². The number of rotatable bonds is 4. The van der Waals surface area contributed by atoms with Gasteiger partial charge in [0.05, 0.1) is 17.3 Å². The minimum Gasteiger partial charge on any atom is -0.383 e. The molecule has 0 fully saturated rings. The van der Waals surface area contributed by atoms with Crippen molar-refractivity contribution in [3.63, 3.8) is 0 Å². The van der Waals surface area contributed by atoms with Crippen molar-refractivity contribution in [2.24, 2.45) is 0 Å². The van der Waals surface area contributed by atoms with Crippen LogP contribution in [0.2, 0.25) is 5.02 Å². The van der Waals surface area contributed by atoms with E-state index in [1.165, 1.54) is 12.1 Å². The lowest BCUT2D eigenvalue weighted by Crippen LogP contribution is -2.31. The van der Waals surface area contributed by atoms with Gasteiger partial charge in [-0.2, -0.15) is 0 Å². The lowest BCUT2D eigenvalue weighted by Gasteiger charge is -2.11. The Balaban J connectivity index is 2.56. The molecule has 0 saturated heterocycles. The summed E-state index contributed by atoms with van der Waals surface area (Å²) in [6.45, 7) is 1.07. The number of para-hydroxylation sites is 1. The van der Waals surface area contributed by atoms with Crippen LogP contribution in [0.4, 0.5) is 10.1 Å². The molecule has 0 atom stereocenters. The average molecular weight is 263 g/mol. The number of methoxy groups -OCH3 is 1. The zero-order chi connectivity index (χ0) is 12.0. The van der Waals surface area contributed by atoms with Crippen molar-refractivity contribution >= 4 is 34.6 Å². The fourth-order valence-electron chi connectivity index (χ4n) is 1.04. The molecule has 0 radical (unpaired) electrons. The molecule has 1 aromatic carbocycles. The van der Waals surface area contributed by atoms with Gasteiger partial charge in [0.1, 0.15) is 5.82 Å². The molecule has 0 amide bonds. The summed E-state index contributed by atoms with van der Waals surface area (Å²) in [7, 11) is 1.59. The van der Waals surface area contributed by atoms with E-state index in [1.54, 1.807) is 13.2 Å². The fourth-order valence-corrected chi connectivity index (χ4v) is 1.46. The first kappa shape index (κ1) is 13.2. The minimum absolute atomic E-state index is 0.180. The van der Waals surface area contributed by atoms with E-state index in [4.69, 9.17) is 28.6 Å². The van der Waals surface area contributed by atoms with Crippen LogP contribution in [-0.4, -0.2) is 25.4 Å². The standard InChI is InChI=1S/C10H12ClFN2OS/c1-15-6-5-13-10(16)14-9-7(11)3-2-4-8(9)12/h2-4H,5-6H2,1H3,(H2,13,14,16). The van der Waals surface area contributed by atoms with Crippen molar-refractivity contribution < 1.29 is 9.13 Å². The molecule has 3 nitrogen and oxygen atoms in total. The molecular formula is C10H12ClFN2OS. The summed E-state index contributed by atoms with van der Waals surface area (Å²) in [4.78, 5) is 0. The van der Waals surface area contributed by atoms with Crippen LogP contribution < -0.4 is 10.6 Å². The molecule has 88 valence electrons. The summed E-state index contributed by atoms with van der Waals surface area (Å²) in [5, 5.41) is 6.15. The number of nitrogens with one attached hydrogen (secondary N) is 2. The summed E-state index contributed by atoms with van der Waals surface area (Å²) in [5.41, 5.74) is 0.180. The van der Waals surface area contributed by atoms with E-state index in [9.17, 15) is 4.39 Å². The Morgan fingerprint density at radius 1 is 1.56 bits per heavy atom. The van der Waals surface area contributed by atoms with Crippen molar-refractivity contribution in [1.82, 2.24) is 5.32 Å². The van der Waals surface area contributed by atoms with E-state index in [2.05, 4.69) is 10.6 Å². The topological polar surface area (TPSA) is 33.3 Å². The number of ether oxygens (including phenoxy) is 1. The Hall–Kier alpha value is -0.910. The predicted octanol–water partition coefficient (Wildman–Crippen LogP) is 2.41. The smallest absolute Gasteiger partial charge is 0.170 e. The Bertz CT molecular complexity index is 356. The van der Waals surface area contributed by atoms with Crippen LogP contribution >= 0.6 is 23.8 Å². The SMILES string of the molecule is COCCNC(=S)Nc1c(F)cccc1Cl. The lowest BCUT2D eigenvalue weighted by atomic mass is 10.3.